The molecule has 0 aliphatic rings. The Morgan fingerprint density at radius 1 is 1.19 bits per heavy atom. The van der Waals surface area contributed by atoms with Gasteiger partial charge in [-0.05, 0) is 31.9 Å². The Labute approximate surface area is 183 Å². The number of amides is 2. The van der Waals surface area contributed by atoms with E-state index >= 15 is 0 Å². The van der Waals surface area contributed by atoms with E-state index in [4.69, 9.17) is 5.73 Å². The number of nitrogens with one attached hydrogen (secondary N) is 2. The summed E-state index contributed by atoms with van der Waals surface area (Å²) in [5.41, 5.74) is 4.27. The van der Waals surface area contributed by atoms with Crippen molar-refractivity contribution in [3.05, 3.63) is 56.2 Å². The molecule has 0 saturated heterocycles. The minimum Gasteiger partial charge on any atom is -0.383 e. The Hall–Kier alpha value is -3.50. The number of aromatic amines is 1. The first-order valence-electron chi connectivity index (χ1n) is 10.4. The van der Waals surface area contributed by atoms with Gasteiger partial charge in [0, 0.05) is 32.1 Å². The monoisotopic (exact) mass is 451 g/mol. The van der Waals surface area contributed by atoms with E-state index in [-0.39, 0.29) is 43.0 Å². The van der Waals surface area contributed by atoms with E-state index in [2.05, 4.69) is 10.3 Å². The number of anilines is 2. The van der Waals surface area contributed by atoms with Crippen LogP contribution in [0, 0.1) is 11.6 Å². The maximum atomic E-state index is 13.7. The van der Waals surface area contributed by atoms with Crippen LogP contribution in [0.2, 0.25) is 0 Å². The first-order valence-corrected chi connectivity index (χ1v) is 10.4. The Kier molecular flexibility index (Phi) is 8.68. The third kappa shape index (κ3) is 5.80. The van der Waals surface area contributed by atoms with Crippen molar-refractivity contribution < 1.29 is 18.4 Å². The van der Waals surface area contributed by atoms with Crippen LogP contribution in [0.1, 0.15) is 49.9 Å². The molecule has 0 saturated carbocycles. The van der Waals surface area contributed by atoms with Crippen LogP contribution in [0.15, 0.2) is 27.8 Å². The molecule has 1 heterocycles. The highest BCUT2D eigenvalue weighted by Crippen LogP contribution is 2.18. The molecule has 2 rings (SSSR count). The lowest BCUT2D eigenvalue weighted by Crippen LogP contribution is -2.41. The fourth-order valence-electron chi connectivity index (χ4n) is 3.18. The smallest absolute Gasteiger partial charge is 0.330 e. The Morgan fingerprint density at radius 3 is 2.53 bits per heavy atom. The van der Waals surface area contributed by atoms with Gasteiger partial charge in [-0.2, -0.15) is 0 Å². The molecule has 174 valence electrons. The minimum atomic E-state index is -0.983. The Bertz CT molecular complexity index is 1100. The van der Waals surface area contributed by atoms with Crippen LogP contribution in [0.4, 0.5) is 20.3 Å². The van der Waals surface area contributed by atoms with Crippen molar-refractivity contribution in [3.8, 4) is 0 Å². The quantitative estimate of drug-likeness (QED) is 0.474. The lowest BCUT2D eigenvalue weighted by atomic mass is 10.2. The summed E-state index contributed by atoms with van der Waals surface area (Å²) in [6.45, 7) is 4.12. The molecule has 0 bridgehead atoms. The molecule has 0 radical (unpaired) electrons. The van der Waals surface area contributed by atoms with Crippen molar-refractivity contribution in [2.24, 2.45) is 0 Å². The summed E-state index contributed by atoms with van der Waals surface area (Å²) < 4.78 is 27.8. The molecule has 0 spiro atoms. The highest BCUT2D eigenvalue weighted by atomic mass is 19.1. The number of carbonyl (C=O) groups excluding carboxylic acids is 2. The molecular weight excluding hydrogens is 424 g/mol. The van der Waals surface area contributed by atoms with Gasteiger partial charge in [-0.3, -0.25) is 23.9 Å². The molecule has 11 heteroatoms. The third-order valence-electron chi connectivity index (χ3n) is 4.87. The summed E-state index contributed by atoms with van der Waals surface area (Å²) >= 11 is 0. The molecule has 2 amide bonds. The molecule has 0 fully saturated rings. The standard InChI is InChI=1S/C21H27F2N5O4/c1-3-5-11-28-18(24)17(20(31)26-21(28)32)27(4-2)16(29)7-6-10-25-19(30)14-9-8-13(22)12-15(14)23/h8-9,12H,3-7,10-11,24H2,1-2H3,(H,25,30)(H,26,31,32). The third-order valence-corrected chi connectivity index (χ3v) is 4.87. The number of aromatic nitrogens is 2. The molecule has 1 aromatic carbocycles. The number of H-pyrrole nitrogens is 1. The SMILES string of the molecule is CCCCn1c(N)c(N(CC)C(=O)CCCNC(=O)c2ccc(F)cc2F)c(=O)[nH]c1=O. The molecule has 9 nitrogen and oxygen atoms in total. The van der Waals surface area contributed by atoms with E-state index in [1.54, 1.807) is 6.92 Å². The van der Waals surface area contributed by atoms with Crippen LogP contribution >= 0.6 is 0 Å². The van der Waals surface area contributed by atoms with Gasteiger partial charge in [0.15, 0.2) is 5.69 Å². The number of hydrogen-bond donors (Lipinski definition) is 3. The average molecular weight is 451 g/mol. The van der Waals surface area contributed by atoms with Crippen LogP contribution in [-0.4, -0.2) is 34.5 Å². The van der Waals surface area contributed by atoms with Gasteiger partial charge in [-0.1, -0.05) is 13.3 Å². The second kappa shape index (κ2) is 11.2. The van der Waals surface area contributed by atoms with Crippen molar-refractivity contribution in [1.82, 2.24) is 14.9 Å². The normalized spacial score (nSPS) is 10.8. The van der Waals surface area contributed by atoms with Gasteiger partial charge in [0.2, 0.25) is 5.91 Å². The lowest BCUT2D eigenvalue weighted by Gasteiger charge is -2.23. The summed E-state index contributed by atoms with van der Waals surface area (Å²) in [5.74, 6) is -3.01. The van der Waals surface area contributed by atoms with Gasteiger partial charge < -0.3 is 16.0 Å². The van der Waals surface area contributed by atoms with Crippen LogP contribution in [0.5, 0.6) is 0 Å². The van der Waals surface area contributed by atoms with Crippen molar-refractivity contribution in [2.75, 3.05) is 23.7 Å². The van der Waals surface area contributed by atoms with Crippen LogP contribution < -0.4 is 27.2 Å². The largest absolute Gasteiger partial charge is 0.383 e. The Morgan fingerprint density at radius 2 is 1.91 bits per heavy atom. The number of benzene rings is 1. The molecule has 1 aromatic heterocycles. The summed E-state index contributed by atoms with van der Waals surface area (Å²) in [6.07, 6.45) is 1.65. The van der Waals surface area contributed by atoms with Crippen molar-refractivity contribution in [1.29, 1.82) is 0 Å². The number of halogens is 2. The topological polar surface area (TPSA) is 130 Å². The number of nitrogens with zero attached hydrogens (tertiary/aromatic N) is 2. The zero-order valence-electron chi connectivity index (χ0n) is 18.0. The summed E-state index contributed by atoms with van der Waals surface area (Å²) in [6, 6.07) is 2.62. The summed E-state index contributed by atoms with van der Waals surface area (Å²) in [4.78, 5) is 52.5. The second-order valence-corrected chi connectivity index (χ2v) is 7.12. The van der Waals surface area contributed by atoms with Crippen LogP contribution in [0.3, 0.4) is 0 Å². The minimum absolute atomic E-state index is 0.0347. The predicted molar refractivity (Wildman–Crippen MR) is 117 cm³/mol. The van der Waals surface area contributed by atoms with E-state index < -0.39 is 34.7 Å². The fourth-order valence-corrected chi connectivity index (χ4v) is 3.18. The van der Waals surface area contributed by atoms with Crippen molar-refractivity contribution in [2.45, 2.75) is 46.1 Å². The highest BCUT2D eigenvalue weighted by molar-refractivity contribution is 5.96. The lowest BCUT2D eigenvalue weighted by molar-refractivity contribution is -0.118. The second-order valence-electron chi connectivity index (χ2n) is 7.12. The molecule has 2 aromatic rings. The number of nitrogens with two attached hydrogens (primary N) is 1. The van der Waals surface area contributed by atoms with Crippen molar-refractivity contribution in [3.63, 3.8) is 0 Å². The molecule has 0 aliphatic heterocycles. The van der Waals surface area contributed by atoms with Gasteiger partial charge in [-0.25, -0.2) is 13.6 Å². The van der Waals surface area contributed by atoms with Crippen LogP contribution in [-0.2, 0) is 11.3 Å². The van der Waals surface area contributed by atoms with E-state index in [0.717, 1.165) is 18.6 Å². The molecule has 32 heavy (non-hydrogen) atoms. The van der Waals surface area contributed by atoms with E-state index in [1.807, 2.05) is 6.92 Å². The predicted octanol–water partition coefficient (Wildman–Crippen LogP) is 1.76. The number of carbonyl (C=O) groups is 2. The maximum absolute atomic E-state index is 13.7. The van der Waals surface area contributed by atoms with E-state index in [1.165, 1.54) is 9.47 Å². The van der Waals surface area contributed by atoms with Gasteiger partial charge in [0.05, 0.1) is 5.56 Å². The zero-order valence-corrected chi connectivity index (χ0v) is 18.0. The van der Waals surface area contributed by atoms with Gasteiger partial charge in [0.25, 0.3) is 11.5 Å². The average Bonchev–Trinajstić information content (AvgIpc) is 2.73. The number of nitrogen functional groups attached to an aromatic ring is 1. The van der Waals surface area contributed by atoms with Crippen molar-refractivity contribution >= 4 is 23.3 Å². The number of hydrogen-bond acceptors (Lipinski definition) is 5. The molecule has 4 N–H and O–H groups in total. The van der Waals surface area contributed by atoms with Crippen LogP contribution in [0.25, 0.3) is 0 Å². The first-order chi connectivity index (χ1) is 15.2. The molecule has 0 unspecified atom stereocenters. The Balaban J connectivity index is 2.05. The van der Waals surface area contributed by atoms with Gasteiger partial charge in [-0.15, -0.1) is 0 Å². The summed E-state index contributed by atoms with van der Waals surface area (Å²) in [7, 11) is 0. The highest BCUT2D eigenvalue weighted by Gasteiger charge is 2.22. The zero-order chi connectivity index (χ0) is 23.8. The van der Waals surface area contributed by atoms with E-state index in [9.17, 15) is 28.0 Å². The number of unbranched alkanes of at least 4 members (excludes halogenated alkanes) is 1. The molecule has 0 aliphatic carbocycles. The number of rotatable bonds is 10. The fraction of sp³-hybridized carbons (Fsp3) is 0.429. The van der Waals surface area contributed by atoms with Gasteiger partial charge in [0.1, 0.15) is 17.5 Å². The maximum Gasteiger partial charge on any atom is 0.330 e. The van der Waals surface area contributed by atoms with Gasteiger partial charge >= 0.3 is 5.69 Å². The molecule has 0 atom stereocenters. The first kappa shape index (κ1) is 24.8. The molecular formula is C21H27F2N5O4. The van der Waals surface area contributed by atoms with E-state index in [0.29, 0.717) is 19.0 Å². The summed E-state index contributed by atoms with van der Waals surface area (Å²) in [5, 5.41) is 2.46.